The van der Waals surface area contributed by atoms with Gasteiger partial charge < -0.3 is 34.1 Å². The standard InChI is InChI=1S/C24H25NO7/c1-4-5-25-22-14-9-17-16(31-11-32-17)8-13(14)20(21-15(22)10-30-24(21)27)12-6-18(28-2)23(26)19(7-12)29-3/h4,6-9,15,20-22,25-26H,1,5,10-11H2,2-3H3/t15-,20+,21-,22+/m0/s1. The first-order valence-corrected chi connectivity index (χ1v) is 10.5. The number of ether oxygens (including phenoxy) is 5. The highest BCUT2D eigenvalue weighted by Crippen LogP contribution is 2.55. The second kappa shape index (κ2) is 7.94. The molecule has 2 heterocycles. The first-order chi connectivity index (χ1) is 15.6. The Balaban J connectivity index is 1.73. The molecule has 0 saturated carbocycles. The Morgan fingerprint density at radius 1 is 1.09 bits per heavy atom. The molecule has 0 radical (unpaired) electrons. The molecule has 1 fully saturated rings. The summed E-state index contributed by atoms with van der Waals surface area (Å²) in [6, 6.07) is 7.30. The summed E-state index contributed by atoms with van der Waals surface area (Å²) >= 11 is 0. The van der Waals surface area contributed by atoms with Gasteiger partial charge in [0.1, 0.15) is 0 Å². The van der Waals surface area contributed by atoms with Gasteiger partial charge in [0.15, 0.2) is 23.0 Å². The summed E-state index contributed by atoms with van der Waals surface area (Å²) in [7, 11) is 2.96. The molecule has 2 aromatic carbocycles. The predicted octanol–water partition coefficient (Wildman–Crippen LogP) is 2.89. The van der Waals surface area contributed by atoms with Crippen molar-refractivity contribution in [3.63, 3.8) is 0 Å². The number of methoxy groups -OCH3 is 2. The van der Waals surface area contributed by atoms with Crippen LogP contribution in [-0.4, -0.2) is 45.2 Å². The lowest BCUT2D eigenvalue weighted by atomic mass is 9.65. The van der Waals surface area contributed by atoms with Gasteiger partial charge in [-0.1, -0.05) is 6.08 Å². The Morgan fingerprint density at radius 3 is 2.38 bits per heavy atom. The largest absolute Gasteiger partial charge is 0.502 e. The van der Waals surface area contributed by atoms with E-state index in [4.69, 9.17) is 23.7 Å². The number of cyclic esters (lactones) is 1. The minimum Gasteiger partial charge on any atom is -0.502 e. The number of hydrogen-bond acceptors (Lipinski definition) is 8. The van der Waals surface area contributed by atoms with Crippen molar-refractivity contribution in [2.45, 2.75) is 12.0 Å². The van der Waals surface area contributed by atoms with Gasteiger partial charge in [-0.05, 0) is 41.0 Å². The lowest BCUT2D eigenvalue weighted by molar-refractivity contribution is -0.141. The number of rotatable bonds is 6. The predicted molar refractivity (Wildman–Crippen MR) is 114 cm³/mol. The van der Waals surface area contributed by atoms with Crippen molar-refractivity contribution in [1.29, 1.82) is 0 Å². The van der Waals surface area contributed by atoms with Gasteiger partial charge in [0.2, 0.25) is 12.5 Å². The fourth-order valence-electron chi connectivity index (χ4n) is 5.13. The van der Waals surface area contributed by atoms with Crippen LogP contribution in [-0.2, 0) is 9.53 Å². The van der Waals surface area contributed by atoms with E-state index in [1.165, 1.54) is 14.2 Å². The van der Waals surface area contributed by atoms with Crippen molar-refractivity contribution in [2.24, 2.45) is 11.8 Å². The minimum atomic E-state index is -0.427. The topological polar surface area (TPSA) is 95.5 Å². The first kappa shape index (κ1) is 20.5. The van der Waals surface area contributed by atoms with Gasteiger partial charge in [0.25, 0.3) is 0 Å². The van der Waals surface area contributed by atoms with Crippen LogP contribution in [0.15, 0.2) is 36.9 Å². The summed E-state index contributed by atoms with van der Waals surface area (Å²) in [5.74, 6) is 0.667. The number of benzene rings is 2. The van der Waals surface area contributed by atoms with Crippen molar-refractivity contribution in [3.8, 4) is 28.7 Å². The maximum Gasteiger partial charge on any atom is 0.310 e. The zero-order valence-electron chi connectivity index (χ0n) is 17.9. The number of phenols is 1. The van der Waals surface area contributed by atoms with Gasteiger partial charge in [-0.3, -0.25) is 4.79 Å². The van der Waals surface area contributed by atoms with Gasteiger partial charge in [-0.2, -0.15) is 0 Å². The minimum absolute atomic E-state index is 0.0865. The van der Waals surface area contributed by atoms with E-state index < -0.39 is 5.92 Å². The molecule has 0 bridgehead atoms. The van der Waals surface area contributed by atoms with Crippen LogP contribution in [0.4, 0.5) is 0 Å². The van der Waals surface area contributed by atoms with Gasteiger partial charge in [-0.25, -0.2) is 0 Å². The van der Waals surface area contributed by atoms with E-state index in [2.05, 4.69) is 11.9 Å². The van der Waals surface area contributed by atoms with E-state index in [-0.39, 0.29) is 47.9 Å². The molecular formula is C24H25NO7. The van der Waals surface area contributed by atoms with Crippen molar-refractivity contribution in [1.82, 2.24) is 5.32 Å². The fourth-order valence-corrected chi connectivity index (χ4v) is 5.13. The van der Waals surface area contributed by atoms with Crippen LogP contribution in [0, 0.1) is 11.8 Å². The van der Waals surface area contributed by atoms with Gasteiger partial charge in [-0.15, -0.1) is 6.58 Å². The maximum absolute atomic E-state index is 13.0. The lowest BCUT2D eigenvalue weighted by Crippen LogP contribution is -2.40. The molecule has 1 saturated heterocycles. The van der Waals surface area contributed by atoms with E-state index in [0.717, 1.165) is 16.7 Å². The molecule has 2 aromatic rings. The third kappa shape index (κ3) is 3.05. The quantitative estimate of drug-likeness (QED) is 0.524. The van der Waals surface area contributed by atoms with Crippen molar-refractivity contribution in [3.05, 3.63) is 53.6 Å². The number of fused-ring (bicyclic) bond motifs is 3. The Morgan fingerprint density at radius 2 is 1.75 bits per heavy atom. The first-order valence-electron chi connectivity index (χ1n) is 10.5. The Hall–Kier alpha value is -3.39. The summed E-state index contributed by atoms with van der Waals surface area (Å²) < 4.78 is 27.6. The van der Waals surface area contributed by atoms with Crippen molar-refractivity contribution >= 4 is 5.97 Å². The molecule has 168 valence electrons. The van der Waals surface area contributed by atoms with Crippen molar-refractivity contribution in [2.75, 3.05) is 34.2 Å². The number of carbonyl (C=O) groups excluding carboxylic acids is 1. The number of carbonyl (C=O) groups is 1. The molecule has 32 heavy (non-hydrogen) atoms. The highest BCUT2D eigenvalue weighted by atomic mass is 16.7. The Kier molecular flexibility index (Phi) is 5.09. The summed E-state index contributed by atoms with van der Waals surface area (Å²) in [5, 5.41) is 13.9. The zero-order chi connectivity index (χ0) is 22.4. The van der Waals surface area contributed by atoms with Crippen LogP contribution in [0.3, 0.4) is 0 Å². The fraction of sp³-hybridized carbons (Fsp3) is 0.375. The Bertz CT molecular complexity index is 1060. The molecule has 2 N–H and O–H groups in total. The number of phenolic OH excluding ortho intramolecular Hbond substituents is 1. The summed E-state index contributed by atoms with van der Waals surface area (Å²) in [5.41, 5.74) is 2.74. The van der Waals surface area contributed by atoms with Crippen molar-refractivity contribution < 1.29 is 33.6 Å². The molecule has 2 aliphatic heterocycles. The molecule has 5 rings (SSSR count). The molecule has 4 atom stereocenters. The smallest absolute Gasteiger partial charge is 0.310 e. The number of aromatic hydroxyl groups is 1. The van der Waals surface area contributed by atoms with Gasteiger partial charge >= 0.3 is 5.97 Å². The molecule has 0 spiro atoms. The molecule has 0 aromatic heterocycles. The van der Waals surface area contributed by atoms with E-state index in [9.17, 15) is 9.90 Å². The van der Waals surface area contributed by atoms with E-state index >= 15 is 0 Å². The molecule has 8 nitrogen and oxygen atoms in total. The number of hydrogen-bond donors (Lipinski definition) is 2. The van der Waals surface area contributed by atoms with Gasteiger partial charge in [0.05, 0.1) is 26.7 Å². The van der Waals surface area contributed by atoms with Crippen LogP contribution in [0.1, 0.15) is 28.7 Å². The van der Waals surface area contributed by atoms with Gasteiger partial charge in [0, 0.05) is 24.4 Å². The molecule has 1 aliphatic carbocycles. The highest BCUT2D eigenvalue weighted by molar-refractivity contribution is 5.79. The second-order valence-electron chi connectivity index (χ2n) is 8.08. The number of nitrogens with one attached hydrogen (secondary N) is 1. The normalized spacial score (nSPS) is 25.0. The average molecular weight is 439 g/mol. The van der Waals surface area contributed by atoms with Crippen LogP contribution in [0.5, 0.6) is 28.7 Å². The maximum atomic E-state index is 13.0. The molecule has 3 aliphatic rings. The van der Waals surface area contributed by atoms with Crippen LogP contribution in [0.2, 0.25) is 0 Å². The highest BCUT2D eigenvalue weighted by Gasteiger charge is 2.52. The van der Waals surface area contributed by atoms with E-state index in [1.807, 2.05) is 12.1 Å². The lowest BCUT2D eigenvalue weighted by Gasteiger charge is -2.39. The molecular weight excluding hydrogens is 414 g/mol. The molecule has 8 heteroatoms. The summed E-state index contributed by atoms with van der Waals surface area (Å²) in [6.07, 6.45) is 1.79. The number of esters is 1. The molecule has 0 amide bonds. The monoisotopic (exact) mass is 439 g/mol. The third-order valence-electron chi connectivity index (χ3n) is 6.53. The summed E-state index contributed by atoms with van der Waals surface area (Å²) in [6.45, 7) is 4.87. The average Bonchev–Trinajstić information content (AvgIpc) is 3.42. The zero-order valence-corrected chi connectivity index (χ0v) is 17.9. The van der Waals surface area contributed by atoms with Crippen LogP contribution in [0.25, 0.3) is 0 Å². The van der Waals surface area contributed by atoms with E-state index in [0.29, 0.717) is 24.7 Å². The third-order valence-corrected chi connectivity index (χ3v) is 6.53. The van der Waals surface area contributed by atoms with E-state index in [1.54, 1.807) is 18.2 Å². The van der Waals surface area contributed by atoms with Crippen LogP contribution >= 0.6 is 0 Å². The Labute approximate surface area is 185 Å². The van der Waals surface area contributed by atoms with Crippen LogP contribution < -0.4 is 24.3 Å². The summed E-state index contributed by atoms with van der Waals surface area (Å²) in [4.78, 5) is 13.0. The molecule has 0 unspecified atom stereocenters. The second-order valence-corrected chi connectivity index (χ2v) is 8.08. The SMILES string of the molecule is C=CCN[C@@H]1c2cc3c(cc2[C@@H](c2cc(OC)c(O)c(OC)c2)[C@H]2C(=O)OC[C@@H]21)OCO3.